The molecule has 3 aromatic rings. The molecule has 2 aromatic heterocycles. The Morgan fingerprint density at radius 3 is 2.83 bits per heavy atom. The normalized spacial score (nSPS) is 16.6. The van der Waals surface area contributed by atoms with E-state index in [4.69, 9.17) is 0 Å². The third-order valence-electron chi connectivity index (χ3n) is 5.20. The van der Waals surface area contributed by atoms with Crippen LogP contribution in [0.25, 0.3) is 5.69 Å². The lowest BCUT2D eigenvalue weighted by molar-refractivity contribution is -0.117. The quantitative estimate of drug-likeness (QED) is 0.695. The predicted molar refractivity (Wildman–Crippen MR) is 110 cm³/mol. The summed E-state index contributed by atoms with van der Waals surface area (Å²) < 4.78 is 17.2. The van der Waals surface area contributed by atoms with E-state index in [1.54, 1.807) is 26.5 Å². The molecule has 1 aliphatic heterocycles. The largest absolute Gasteiger partial charge is 0.371 e. The lowest BCUT2D eigenvalue weighted by Crippen LogP contribution is -2.34. The number of anilines is 2. The summed E-state index contributed by atoms with van der Waals surface area (Å²) in [5.74, 6) is 0.526. The highest BCUT2D eigenvalue weighted by atomic mass is 19.1. The van der Waals surface area contributed by atoms with Crippen molar-refractivity contribution >= 4 is 17.4 Å². The van der Waals surface area contributed by atoms with Gasteiger partial charge < -0.3 is 5.32 Å². The summed E-state index contributed by atoms with van der Waals surface area (Å²) in [6.45, 7) is 4.63. The fourth-order valence-corrected chi connectivity index (χ4v) is 3.88. The van der Waals surface area contributed by atoms with Crippen LogP contribution in [-0.4, -0.2) is 38.1 Å². The van der Waals surface area contributed by atoms with Crippen LogP contribution in [-0.2, 0) is 18.3 Å². The maximum atomic E-state index is 13.7. The Balaban J connectivity index is 1.58. The van der Waals surface area contributed by atoms with Crippen LogP contribution in [0.5, 0.6) is 0 Å². The van der Waals surface area contributed by atoms with Gasteiger partial charge in [-0.1, -0.05) is 19.4 Å². The lowest BCUT2D eigenvalue weighted by atomic mass is 10.2. The fraction of sp³-hybridized carbons (Fsp3) is 0.381. The van der Waals surface area contributed by atoms with Crippen molar-refractivity contribution in [3.05, 3.63) is 53.7 Å². The van der Waals surface area contributed by atoms with Gasteiger partial charge in [0.15, 0.2) is 0 Å². The van der Waals surface area contributed by atoms with E-state index < -0.39 is 0 Å². The number of nitrogens with zero attached hydrogens (tertiary/aromatic N) is 5. The van der Waals surface area contributed by atoms with Gasteiger partial charge in [0.25, 0.3) is 5.91 Å². The highest BCUT2D eigenvalue weighted by Crippen LogP contribution is 2.27. The van der Waals surface area contributed by atoms with Gasteiger partial charge >= 0.3 is 0 Å². The molecule has 7 nitrogen and oxygen atoms in total. The van der Waals surface area contributed by atoms with Crippen molar-refractivity contribution < 1.29 is 9.18 Å². The second-order valence-electron chi connectivity index (χ2n) is 7.39. The second-order valence-corrected chi connectivity index (χ2v) is 7.39. The number of nitrogens with one attached hydrogen (secondary N) is 1. The number of carbonyl (C=O) groups is 1. The van der Waals surface area contributed by atoms with Crippen LogP contribution in [0.15, 0.2) is 36.5 Å². The van der Waals surface area contributed by atoms with Gasteiger partial charge in [-0.25, -0.2) is 9.07 Å². The Hall–Kier alpha value is -3.16. The summed E-state index contributed by atoms with van der Waals surface area (Å²) in [6.07, 6.45) is 4.10. The van der Waals surface area contributed by atoms with Gasteiger partial charge in [0.05, 0.1) is 29.0 Å². The minimum absolute atomic E-state index is 0.0222. The number of benzene rings is 1. The molecular formula is C21H25FN6O. The van der Waals surface area contributed by atoms with E-state index in [-0.39, 0.29) is 17.8 Å². The summed E-state index contributed by atoms with van der Waals surface area (Å²) >= 11 is 0. The van der Waals surface area contributed by atoms with Gasteiger partial charge in [0.1, 0.15) is 17.7 Å². The topological polar surface area (TPSA) is 68.0 Å². The monoisotopic (exact) mass is 396 g/mol. The van der Waals surface area contributed by atoms with E-state index in [0.29, 0.717) is 18.7 Å². The van der Waals surface area contributed by atoms with E-state index in [1.165, 1.54) is 12.1 Å². The van der Waals surface area contributed by atoms with Gasteiger partial charge in [-0.15, -0.1) is 0 Å². The Morgan fingerprint density at radius 2 is 2.14 bits per heavy atom. The van der Waals surface area contributed by atoms with Crippen molar-refractivity contribution in [3.63, 3.8) is 0 Å². The molecule has 8 heteroatoms. The van der Waals surface area contributed by atoms with Crippen molar-refractivity contribution in [2.45, 2.75) is 39.2 Å². The zero-order chi connectivity index (χ0) is 20.5. The molecule has 3 heterocycles. The number of rotatable bonds is 6. The first-order valence-corrected chi connectivity index (χ1v) is 9.89. The first-order valence-electron chi connectivity index (χ1n) is 9.89. The zero-order valence-electron chi connectivity index (χ0n) is 16.9. The molecule has 1 N–H and O–H groups in total. The molecule has 4 rings (SSSR count). The maximum absolute atomic E-state index is 13.7. The van der Waals surface area contributed by atoms with Gasteiger partial charge in [0.2, 0.25) is 0 Å². The summed E-state index contributed by atoms with van der Waals surface area (Å²) in [5.41, 5.74) is 3.32. The Morgan fingerprint density at radius 1 is 1.31 bits per heavy atom. The molecule has 0 aliphatic carbocycles. The number of hydrogen-bond acceptors (Lipinski definition) is 4. The smallest absolute Gasteiger partial charge is 0.250 e. The first kappa shape index (κ1) is 19.2. The van der Waals surface area contributed by atoms with Crippen molar-refractivity contribution in [2.75, 3.05) is 16.8 Å². The minimum atomic E-state index is -0.328. The number of carbonyl (C=O) groups excluding carboxylic acids is 1. The molecule has 1 saturated heterocycles. The Bertz CT molecular complexity index is 1040. The van der Waals surface area contributed by atoms with E-state index in [0.717, 1.165) is 35.7 Å². The molecular weight excluding hydrogens is 371 g/mol. The van der Waals surface area contributed by atoms with Gasteiger partial charge in [0, 0.05) is 19.7 Å². The van der Waals surface area contributed by atoms with Crippen LogP contribution in [0.4, 0.5) is 15.9 Å². The molecule has 1 fully saturated rings. The fourth-order valence-electron chi connectivity index (χ4n) is 3.88. The van der Waals surface area contributed by atoms with Crippen LogP contribution >= 0.6 is 0 Å². The minimum Gasteiger partial charge on any atom is -0.371 e. The second kappa shape index (κ2) is 7.69. The van der Waals surface area contributed by atoms with Crippen LogP contribution in [0.1, 0.15) is 31.2 Å². The van der Waals surface area contributed by atoms with Crippen molar-refractivity contribution in [3.8, 4) is 5.69 Å². The molecule has 0 radical (unpaired) electrons. The van der Waals surface area contributed by atoms with E-state index >= 15 is 0 Å². The zero-order valence-corrected chi connectivity index (χ0v) is 16.9. The molecule has 1 aliphatic rings. The lowest BCUT2D eigenvalue weighted by Gasteiger charge is -2.17. The van der Waals surface area contributed by atoms with Crippen LogP contribution in [0.2, 0.25) is 0 Å². The molecule has 0 bridgehead atoms. The van der Waals surface area contributed by atoms with E-state index in [1.807, 2.05) is 26.1 Å². The van der Waals surface area contributed by atoms with Crippen molar-refractivity contribution in [2.24, 2.45) is 7.05 Å². The standard InChI is InChI=1S/C21H25FN6O/c1-4-6-19-18(13-23-28(19)16-8-5-7-15(22)12-16)24-17-9-10-27(21(17)29)20-11-14(2)25-26(20)3/h5,7-8,11-13,17,24H,4,6,9-10H2,1-3H3. The average Bonchev–Trinajstić information content (AvgIpc) is 3.34. The van der Waals surface area contributed by atoms with Crippen LogP contribution in [0, 0.1) is 12.7 Å². The van der Waals surface area contributed by atoms with Crippen molar-refractivity contribution in [1.82, 2.24) is 19.6 Å². The predicted octanol–water partition coefficient (Wildman–Crippen LogP) is 3.22. The van der Waals surface area contributed by atoms with E-state index in [9.17, 15) is 9.18 Å². The molecule has 1 atom stereocenters. The maximum Gasteiger partial charge on any atom is 0.250 e. The van der Waals surface area contributed by atoms with Crippen LogP contribution in [0.3, 0.4) is 0 Å². The highest BCUT2D eigenvalue weighted by molar-refractivity contribution is 6.00. The van der Waals surface area contributed by atoms with Crippen molar-refractivity contribution in [1.29, 1.82) is 0 Å². The molecule has 1 amide bonds. The SMILES string of the molecule is CCCc1c(NC2CCN(c3cc(C)nn3C)C2=O)cnn1-c1cccc(F)c1. The number of aryl methyl sites for hydroxylation is 2. The molecule has 1 aromatic carbocycles. The van der Waals surface area contributed by atoms with Gasteiger partial charge in [-0.2, -0.15) is 10.2 Å². The summed E-state index contributed by atoms with van der Waals surface area (Å²) in [6, 6.07) is 7.96. The Kier molecular flexibility index (Phi) is 5.08. The summed E-state index contributed by atoms with van der Waals surface area (Å²) in [7, 11) is 1.85. The summed E-state index contributed by atoms with van der Waals surface area (Å²) in [5, 5.41) is 12.2. The third-order valence-corrected chi connectivity index (χ3v) is 5.20. The number of aromatic nitrogens is 4. The average molecular weight is 396 g/mol. The number of amides is 1. The van der Waals surface area contributed by atoms with Crippen LogP contribution < -0.4 is 10.2 Å². The molecule has 0 spiro atoms. The van der Waals surface area contributed by atoms with Gasteiger partial charge in [-0.3, -0.25) is 14.4 Å². The molecule has 29 heavy (non-hydrogen) atoms. The first-order chi connectivity index (χ1) is 14.0. The molecule has 1 unspecified atom stereocenters. The highest BCUT2D eigenvalue weighted by Gasteiger charge is 2.34. The number of halogens is 1. The van der Waals surface area contributed by atoms with E-state index in [2.05, 4.69) is 22.4 Å². The molecule has 0 saturated carbocycles. The Labute approximate surface area is 169 Å². The third kappa shape index (κ3) is 3.62. The number of hydrogen-bond donors (Lipinski definition) is 1. The van der Waals surface area contributed by atoms with Gasteiger partial charge in [-0.05, 0) is 38.0 Å². The summed E-state index contributed by atoms with van der Waals surface area (Å²) in [4.78, 5) is 14.8. The molecule has 152 valence electrons.